The van der Waals surface area contributed by atoms with E-state index in [1.54, 1.807) is 12.1 Å². The van der Waals surface area contributed by atoms with Crippen molar-refractivity contribution in [2.45, 2.75) is 25.6 Å². The monoisotopic (exact) mass is 265 g/mol. The van der Waals surface area contributed by atoms with Crippen LogP contribution in [0.1, 0.15) is 22.8 Å². The molecule has 0 saturated carbocycles. The maximum Gasteiger partial charge on any atom is 0.336 e. The standard InChI is InChI=1S/C14H19NO4/c1-10-9-19-12(8-16)7-15(10)6-11-4-2-3-5-13(11)14(17)18/h2-5,10,12,16H,6-9H2,1H3,(H,17,18). The second kappa shape index (κ2) is 6.14. The summed E-state index contributed by atoms with van der Waals surface area (Å²) in [6.07, 6.45) is -0.187. The molecule has 2 atom stereocenters. The lowest BCUT2D eigenvalue weighted by Crippen LogP contribution is -2.49. The second-order valence-corrected chi connectivity index (χ2v) is 4.88. The number of morpholine rings is 1. The molecule has 1 aliphatic heterocycles. The topological polar surface area (TPSA) is 70.0 Å². The normalized spacial score (nSPS) is 24.3. The number of carbonyl (C=O) groups is 1. The van der Waals surface area contributed by atoms with Crippen molar-refractivity contribution < 1.29 is 19.7 Å². The summed E-state index contributed by atoms with van der Waals surface area (Å²) in [6.45, 7) is 3.76. The summed E-state index contributed by atoms with van der Waals surface area (Å²) in [5.41, 5.74) is 1.13. The average Bonchev–Trinajstić information content (AvgIpc) is 2.41. The first-order valence-electron chi connectivity index (χ1n) is 6.39. The number of hydrogen-bond donors (Lipinski definition) is 2. The number of aliphatic hydroxyl groups excluding tert-OH is 1. The number of hydrogen-bond acceptors (Lipinski definition) is 4. The first-order chi connectivity index (χ1) is 9.11. The van der Waals surface area contributed by atoms with E-state index in [0.717, 1.165) is 5.56 Å². The largest absolute Gasteiger partial charge is 0.478 e. The molecule has 1 fully saturated rings. The number of aliphatic hydroxyl groups is 1. The molecule has 1 aromatic rings. The zero-order chi connectivity index (χ0) is 13.8. The van der Waals surface area contributed by atoms with Gasteiger partial charge in [-0.1, -0.05) is 18.2 Å². The van der Waals surface area contributed by atoms with Gasteiger partial charge in [0.15, 0.2) is 0 Å². The lowest BCUT2D eigenvalue weighted by Gasteiger charge is -2.37. The molecular weight excluding hydrogens is 246 g/mol. The highest BCUT2D eigenvalue weighted by Gasteiger charge is 2.26. The van der Waals surface area contributed by atoms with E-state index >= 15 is 0 Å². The minimum atomic E-state index is -0.907. The Morgan fingerprint density at radius 2 is 2.21 bits per heavy atom. The van der Waals surface area contributed by atoms with Crippen molar-refractivity contribution in [3.63, 3.8) is 0 Å². The maximum absolute atomic E-state index is 11.2. The summed E-state index contributed by atoms with van der Waals surface area (Å²) in [4.78, 5) is 13.3. The Labute approximate surface area is 112 Å². The van der Waals surface area contributed by atoms with Crippen LogP contribution in [0.2, 0.25) is 0 Å². The quantitative estimate of drug-likeness (QED) is 0.849. The molecule has 2 unspecified atom stereocenters. The van der Waals surface area contributed by atoms with E-state index in [0.29, 0.717) is 25.3 Å². The molecule has 0 spiro atoms. The molecule has 1 aliphatic rings. The van der Waals surface area contributed by atoms with E-state index in [-0.39, 0.29) is 18.8 Å². The van der Waals surface area contributed by atoms with Crippen LogP contribution >= 0.6 is 0 Å². The van der Waals surface area contributed by atoms with Crippen molar-refractivity contribution in [1.82, 2.24) is 4.90 Å². The van der Waals surface area contributed by atoms with Crippen LogP contribution in [0.25, 0.3) is 0 Å². The van der Waals surface area contributed by atoms with Crippen LogP contribution in [-0.4, -0.2) is 53.0 Å². The minimum absolute atomic E-state index is 0.0101. The second-order valence-electron chi connectivity index (χ2n) is 4.88. The molecular formula is C14H19NO4. The van der Waals surface area contributed by atoms with Crippen LogP contribution in [0.5, 0.6) is 0 Å². The molecule has 0 radical (unpaired) electrons. The van der Waals surface area contributed by atoms with Gasteiger partial charge in [0, 0.05) is 19.1 Å². The molecule has 0 aromatic heterocycles. The lowest BCUT2D eigenvalue weighted by molar-refractivity contribution is -0.0806. The third-order valence-corrected chi connectivity index (χ3v) is 3.46. The van der Waals surface area contributed by atoms with Crippen LogP contribution in [0, 0.1) is 0 Å². The number of ether oxygens (including phenoxy) is 1. The van der Waals surface area contributed by atoms with Gasteiger partial charge in [0.2, 0.25) is 0 Å². The predicted octanol–water partition coefficient (Wildman–Crippen LogP) is 0.966. The molecule has 0 bridgehead atoms. The fourth-order valence-electron chi connectivity index (χ4n) is 2.29. The van der Waals surface area contributed by atoms with E-state index < -0.39 is 5.97 Å². The molecule has 2 rings (SSSR count). The number of carboxylic acids is 1. The van der Waals surface area contributed by atoms with E-state index in [1.165, 1.54) is 0 Å². The van der Waals surface area contributed by atoms with E-state index in [1.807, 2.05) is 19.1 Å². The van der Waals surface area contributed by atoms with Crippen molar-refractivity contribution in [3.8, 4) is 0 Å². The number of aromatic carboxylic acids is 1. The fraction of sp³-hybridized carbons (Fsp3) is 0.500. The van der Waals surface area contributed by atoms with Crippen molar-refractivity contribution >= 4 is 5.97 Å². The smallest absolute Gasteiger partial charge is 0.336 e. The van der Waals surface area contributed by atoms with Gasteiger partial charge < -0.3 is 14.9 Å². The SMILES string of the molecule is CC1COC(CO)CN1Cc1ccccc1C(=O)O. The third-order valence-electron chi connectivity index (χ3n) is 3.46. The summed E-state index contributed by atoms with van der Waals surface area (Å²) in [5.74, 6) is -0.907. The first kappa shape index (κ1) is 14.0. The average molecular weight is 265 g/mol. The summed E-state index contributed by atoms with van der Waals surface area (Å²) in [6, 6.07) is 7.23. The van der Waals surface area contributed by atoms with Crippen molar-refractivity contribution in [3.05, 3.63) is 35.4 Å². The summed E-state index contributed by atoms with van der Waals surface area (Å²) < 4.78 is 5.48. The molecule has 1 saturated heterocycles. The third kappa shape index (κ3) is 3.32. The van der Waals surface area contributed by atoms with Gasteiger partial charge >= 0.3 is 5.97 Å². The molecule has 0 amide bonds. The van der Waals surface area contributed by atoms with Gasteiger partial charge in [-0.2, -0.15) is 0 Å². The summed E-state index contributed by atoms with van der Waals surface area (Å²) in [7, 11) is 0. The highest BCUT2D eigenvalue weighted by atomic mass is 16.5. The van der Waals surface area contributed by atoms with Crippen LogP contribution in [0.3, 0.4) is 0 Å². The van der Waals surface area contributed by atoms with Crippen molar-refractivity contribution in [2.75, 3.05) is 19.8 Å². The number of carboxylic acid groups (broad SMARTS) is 1. The van der Waals surface area contributed by atoms with Crippen LogP contribution in [0.4, 0.5) is 0 Å². The predicted molar refractivity (Wildman–Crippen MR) is 70.1 cm³/mol. The zero-order valence-electron chi connectivity index (χ0n) is 11.0. The molecule has 1 heterocycles. The molecule has 5 nitrogen and oxygen atoms in total. The highest BCUT2D eigenvalue weighted by Crippen LogP contribution is 2.18. The summed E-state index contributed by atoms with van der Waals surface area (Å²) in [5, 5.41) is 18.3. The first-order valence-corrected chi connectivity index (χ1v) is 6.39. The Balaban J connectivity index is 2.13. The van der Waals surface area contributed by atoms with E-state index in [9.17, 15) is 9.90 Å². The Morgan fingerprint density at radius 3 is 2.89 bits per heavy atom. The number of benzene rings is 1. The van der Waals surface area contributed by atoms with Gasteiger partial charge in [0.25, 0.3) is 0 Å². The van der Waals surface area contributed by atoms with Gasteiger partial charge in [-0.15, -0.1) is 0 Å². The Bertz CT molecular complexity index is 449. The van der Waals surface area contributed by atoms with E-state index in [4.69, 9.17) is 9.84 Å². The Hall–Kier alpha value is -1.43. The van der Waals surface area contributed by atoms with Crippen LogP contribution < -0.4 is 0 Å². The van der Waals surface area contributed by atoms with Crippen molar-refractivity contribution in [2.24, 2.45) is 0 Å². The van der Waals surface area contributed by atoms with Gasteiger partial charge in [-0.05, 0) is 18.6 Å². The molecule has 5 heteroatoms. The Kier molecular flexibility index (Phi) is 4.52. The maximum atomic E-state index is 11.2. The van der Waals surface area contributed by atoms with Gasteiger partial charge in [-0.25, -0.2) is 4.79 Å². The molecule has 104 valence electrons. The minimum Gasteiger partial charge on any atom is -0.478 e. The molecule has 19 heavy (non-hydrogen) atoms. The van der Waals surface area contributed by atoms with Crippen molar-refractivity contribution in [1.29, 1.82) is 0 Å². The fourth-order valence-corrected chi connectivity index (χ4v) is 2.29. The molecule has 2 N–H and O–H groups in total. The van der Waals surface area contributed by atoms with E-state index in [2.05, 4.69) is 4.90 Å². The molecule has 0 aliphatic carbocycles. The number of nitrogens with zero attached hydrogens (tertiary/aromatic N) is 1. The molecule has 1 aromatic carbocycles. The van der Waals surface area contributed by atoms with Crippen LogP contribution in [-0.2, 0) is 11.3 Å². The van der Waals surface area contributed by atoms with Crippen LogP contribution in [0.15, 0.2) is 24.3 Å². The Morgan fingerprint density at radius 1 is 1.47 bits per heavy atom. The van der Waals surface area contributed by atoms with Gasteiger partial charge in [0.1, 0.15) is 0 Å². The zero-order valence-corrected chi connectivity index (χ0v) is 11.0. The lowest BCUT2D eigenvalue weighted by atomic mass is 10.1. The summed E-state index contributed by atoms with van der Waals surface area (Å²) >= 11 is 0. The highest BCUT2D eigenvalue weighted by molar-refractivity contribution is 5.89. The van der Waals surface area contributed by atoms with Gasteiger partial charge in [0.05, 0.1) is 24.9 Å². The number of rotatable bonds is 4. The van der Waals surface area contributed by atoms with Gasteiger partial charge in [-0.3, -0.25) is 4.90 Å².